The molecule has 0 amide bonds. The van der Waals surface area contributed by atoms with Crippen molar-refractivity contribution in [2.45, 2.75) is 10.8 Å². The molecule has 1 N–H and O–H groups in total. The fourth-order valence-corrected chi connectivity index (χ4v) is 17.6. The summed E-state index contributed by atoms with van der Waals surface area (Å²) < 4.78 is 3.30. The minimum atomic E-state index is -0.412. The predicted molar refractivity (Wildman–Crippen MR) is 441 cm³/mol. The van der Waals surface area contributed by atoms with Crippen molar-refractivity contribution >= 4 is 76.2 Å². The molecule has 103 heavy (non-hydrogen) atoms. The molecule has 0 atom stereocenters. The fraction of sp³-hybridized carbons (Fsp3) is 0.0204. The van der Waals surface area contributed by atoms with E-state index in [0.29, 0.717) is 0 Å². The molecule has 4 aliphatic carbocycles. The van der Waals surface area contributed by atoms with Gasteiger partial charge in [0.05, 0.1) is 22.2 Å². The summed E-state index contributed by atoms with van der Waals surface area (Å²) in [5.74, 6) is 0. The van der Waals surface area contributed by atoms with Crippen molar-refractivity contribution in [2.75, 3.05) is 10.2 Å². The fourth-order valence-electron chi connectivity index (χ4n) is 16.8. The third-order valence-corrected chi connectivity index (χ3v) is 22.7. The number of nitrogens with zero attached hydrogens (tertiary/aromatic N) is 1. The highest BCUT2D eigenvalue weighted by Gasteiger charge is 2.54. The number of anilines is 5. The zero-order chi connectivity index (χ0) is 69.0. The van der Waals surface area contributed by atoms with Gasteiger partial charge in [-0.3, -0.25) is 0 Å². The van der Waals surface area contributed by atoms with E-state index in [1.807, 2.05) is 0 Å². The van der Waals surface area contributed by atoms with E-state index in [-0.39, 0.29) is 5.41 Å². The molecule has 0 radical (unpaired) electrons. The van der Waals surface area contributed by atoms with Crippen LogP contribution < -0.4 is 10.2 Å². The van der Waals surface area contributed by atoms with Gasteiger partial charge in [0.25, 0.3) is 0 Å². The van der Waals surface area contributed by atoms with Gasteiger partial charge in [-0.25, -0.2) is 0 Å². The molecule has 16 aromatic carbocycles. The molecule has 20 rings (SSSR count). The predicted octanol–water partition coefficient (Wildman–Crippen LogP) is 27.9. The average molecular weight is 1510 g/mol. The van der Waals surface area contributed by atoms with Crippen LogP contribution in [0, 0.1) is 0 Å². The average Bonchev–Trinajstić information content (AvgIpc) is 1.52. The van der Waals surface area contributed by atoms with Crippen LogP contribution in [-0.2, 0) is 10.8 Å². The van der Waals surface area contributed by atoms with Crippen LogP contribution in [-0.4, -0.2) is 0 Å². The molecule has 0 fully saturated rings. The van der Waals surface area contributed by atoms with Gasteiger partial charge in [-0.05, 0) is 184 Å². The standard InChI is InChI=1S/C49H32BrN.C37H25N.C12H8Br2/c50-36-29-25-33(26-30-36)34-27-31-37(32-28-34)51(46-23-11-7-15-38(46)35-13-2-1-3-14-35)47-24-12-22-45-48(47)41-18-6-10-21-44(41)49(45)42-19-8-4-16-39(42)40-17-5-9-20-43(40)49;1-2-13-25(14-3-1)26-15-7-11-23-34(26)38-35-24-12-22-33-36(35)29-18-6-10-21-32(29)37(33)30-19-8-4-16-27(30)28-17-5-9-20-31(28)37;13-11-5-1-9(2-6-11)10-3-7-12(14)8-4-10/h1-32H;1-24,38H;1-8H. The number of para-hydroxylation sites is 2. The second kappa shape index (κ2) is 26.8. The Labute approximate surface area is 627 Å². The maximum atomic E-state index is 3.87. The highest BCUT2D eigenvalue weighted by atomic mass is 79.9. The molecule has 2 spiro atoms. The highest BCUT2D eigenvalue weighted by molar-refractivity contribution is 9.11. The molecule has 16 aromatic rings. The van der Waals surface area contributed by atoms with Crippen molar-refractivity contribution < 1.29 is 0 Å². The SMILES string of the molecule is Brc1ccc(-c2ccc(Br)cc2)cc1.Brc1ccc(-c2ccc(N(c3ccccc3-c3ccccc3)c3cccc4c3-c3ccccc3C43c4ccccc4-c4ccccc43)cc2)cc1.c1ccc(-c2ccccc2Nc2cccc3c2-c2ccccc2C32c3ccccc3-c3ccccc32)cc1. The Bertz CT molecular complexity index is 5730. The molecular weight excluding hydrogens is 1440 g/mol. The van der Waals surface area contributed by atoms with Crippen LogP contribution in [0.1, 0.15) is 44.5 Å². The smallest absolute Gasteiger partial charge is 0.0726 e. The monoisotopic (exact) mass is 1510 g/mol. The summed E-state index contributed by atoms with van der Waals surface area (Å²) in [6.45, 7) is 0. The molecule has 0 unspecified atom stereocenters. The van der Waals surface area contributed by atoms with Gasteiger partial charge in [-0.2, -0.15) is 0 Å². The molecule has 0 bridgehead atoms. The summed E-state index contributed by atoms with van der Waals surface area (Å²) >= 11 is 10.4. The van der Waals surface area contributed by atoms with Crippen LogP contribution in [0.3, 0.4) is 0 Å². The van der Waals surface area contributed by atoms with Crippen molar-refractivity contribution in [3.05, 3.63) is 446 Å². The van der Waals surface area contributed by atoms with Crippen molar-refractivity contribution in [3.8, 4) is 89.0 Å². The van der Waals surface area contributed by atoms with Gasteiger partial charge in [0.15, 0.2) is 0 Å². The summed E-state index contributed by atoms with van der Waals surface area (Å²) in [5.41, 5.74) is 35.8. The lowest BCUT2D eigenvalue weighted by Crippen LogP contribution is -2.26. The Balaban J connectivity index is 0.000000127. The first kappa shape index (κ1) is 63.7. The first-order valence-corrected chi connectivity index (χ1v) is 37.3. The second-order valence-corrected chi connectivity index (χ2v) is 29.3. The molecule has 0 heterocycles. The number of nitrogens with one attached hydrogen (secondary N) is 1. The first-order chi connectivity index (χ1) is 50.9. The molecule has 5 heteroatoms. The Kier molecular flexibility index (Phi) is 16.6. The maximum absolute atomic E-state index is 3.87. The van der Waals surface area contributed by atoms with E-state index in [2.05, 4.69) is 446 Å². The summed E-state index contributed by atoms with van der Waals surface area (Å²) in [6, 6.07) is 141. The van der Waals surface area contributed by atoms with Crippen molar-refractivity contribution in [1.29, 1.82) is 0 Å². The number of hydrogen-bond donors (Lipinski definition) is 1. The van der Waals surface area contributed by atoms with E-state index in [4.69, 9.17) is 0 Å². The van der Waals surface area contributed by atoms with Gasteiger partial charge in [-0.1, -0.05) is 363 Å². The van der Waals surface area contributed by atoms with Crippen LogP contribution in [0.15, 0.2) is 402 Å². The molecular formula is C98H65Br3N2. The summed E-state index contributed by atoms with van der Waals surface area (Å²) in [6.07, 6.45) is 0. The van der Waals surface area contributed by atoms with Gasteiger partial charge in [0.1, 0.15) is 0 Å². The Morgan fingerprint density at radius 3 is 0.932 bits per heavy atom. The summed E-state index contributed by atoms with van der Waals surface area (Å²) in [4.78, 5) is 2.48. The molecule has 4 aliphatic rings. The third kappa shape index (κ3) is 10.8. The lowest BCUT2D eigenvalue weighted by molar-refractivity contribution is 0.794. The van der Waals surface area contributed by atoms with Crippen LogP contribution in [0.2, 0.25) is 0 Å². The van der Waals surface area contributed by atoms with E-state index < -0.39 is 5.41 Å². The molecule has 0 saturated carbocycles. The lowest BCUT2D eigenvalue weighted by Gasteiger charge is -2.32. The lowest BCUT2D eigenvalue weighted by atomic mass is 9.70. The summed E-state index contributed by atoms with van der Waals surface area (Å²) in [5, 5.41) is 3.87. The topological polar surface area (TPSA) is 15.3 Å². The van der Waals surface area contributed by atoms with Crippen LogP contribution in [0.4, 0.5) is 28.4 Å². The number of hydrogen-bond acceptors (Lipinski definition) is 2. The van der Waals surface area contributed by atoms with E-state index in [9.17, 15) is 0 Å². The van der Waals surface area contributed by atoms with E-state index in [0.717, 1.165) is 36.2 Å². The maximum Gasteiger partial charge on any atom is 0.0726 e. The zero-order valence-electron chi connectivity index (χ0n) is 56.0. The molecule has 0 aromatic heterocycles. The normalized spacial score (nSPS) is 12.8. The molecule has 2 nitrogen and oxygen atoms in total. The largest absolute Gasteiger partial charge is 0.355 e. The minimum Gasteiger partial charge on any atom is -0.355 e. The van der Waals surface area contributed by atoms with Crippen LogP contribution in [0.5, 0.6) is 0 Å². The van der Waals surface area contributed by atoms with Crippen molar-refractivity contribution in [2.24, 2.45) is 0 Å². The molecule has 488 valence electrons. The van der Waals surface area contributed by atoms with Gasteiger partial charge in [0.2, 0.25) is 0 Å². The zero-order valence-corrected chi connectivity index (χ0v) is 60.8. The Morgan fingerprint density at radius 2 is 0.485 bits per heavy atom. The van der Waals surface area contributed by atoms with E-state index >= 15 is 0 Å². The van der Waals surface area contributed by atoms with Crippen molar-refractivity contribution in [1.82, 2.24) is 0 Å². The van der Waals surface area contributed by atoms with Gasteiger partial charge < -0.3 is 10.2 Å². The van der Waals surface area contributed by atoms with Gasteiger partial charge in [0, 0.05) is 52.7 Å². The van der Waals surface area contributed by atoms with Crippen molar-refractivity contribution in [3.63, 3.8) is 0 Å². The molecule has 0 saturated heterocycles. The Hall–Kier alpha value is -11.4. The van der Waals surface area contributed by atoms with Gasteiger partial charge in [-0.15, -0.1) is 0 Å². The van der Waals surface area contributed by atoms with E-state index in [1.54, 1.807) is 0 Å². The number of rotatable bonds is 9. The first-order valence-electron chi connectivity index (χ1n) is 35.0. The molecule has 0 aliphatic heterocycles. The van der Waals surface area contributed by atoms with E-state index in [1.165, 1.54) is 139 Å². The van der Waals surface area contributed by atoms with Crippen LogP contribution >= 0.6 is 47.8 Å². The summed E-state index contributed by atoms with van der Waals surface area (Å²) in [7, 11) is 0. The second-order valence-electron chi connectivity index (χ2n) is 26.5. The number of benzene rings is 16. The number of fused-ring (bicyclic) bond motifs is 20. The van der Waals surface area contributed by atoms with Crippen LogP contribution in [0.25, 0.3) is 89.0 Å². The van der Waals surface area contributed by atoms with Gasteiger partial charge >= 0.3 is 0 Å². The highest BCUT2D eigenvalue weighted by Crippen LogP contribution is 2.66. The third-order valence-electron chi connectivity index (χ3n) is 21.1. The minimum absolute atomic E-state index is 0.324. The quantitative estimate of drug-likeness (QED) is 0.155. The Morgan fingerprint density at radius 1 is 0.194 bits per heavy atom. The number of halogens is 3.